The number of rotatable bonds is 1. The molecule has 0 aliphatic carbocycles. The van der Waals surface area contributed by atoms with Gasteiger partial charge in [-0.2, -0.15) is 0 Å². The summed E-state index contributed by atoms with van der Waals surface area (Å²) in [4.78, 5) is 3.68. The van der Waals surface area contributed by atoms with Gasteiger partial charge in [-0.1, -0.05) is 29.8 Å². The Morgan fingerprint density at radius 2 is 2.00 bits per heavy atom. The van der Waals surface area contributed by atoms with Gasteiger partial charge < -0.3 is 11.1 Å². The summed E-state index contributed by atoms with van der Waals surface area (Å²) in [6.07, 6.45) is 1.72. The molecule has 0 fully saturated rings. The quantitative estimate of drug-likeness (QED) is 0.525. The Balaban J connectivity index is 0. The number of halogens is 1. The lowest BCUT2D eigenvalue weighted by molar-refractivity contribution is 1.19. The van der Waals surface area contributed by atoms with Gasteiger partial charge in [-0.3, -0.25) is 4.99 Å². The molecule has 3 N–H and O–H groups in total. The van der Waals surface area contributed by atoms with E-state index in [1.54, 1.807) is 13.2 Å². The molecule has 0 heterocycles. The summed E-state index contributed by atoms with van der Waals surface area (Å²) in [5.41, 5.74) is 5.29. The first kappa shape index (κ1) is 13.1. The molecule has 3 nitrogen and oxygen atoms in total. The molecule has 0 aromatic rings. The fraction of sp³-hybridized carbons (Fsp3) is 0.571. The fourth-order valence-corrected chi connectivity index (χ4v) is 0.352. The van der Waals surface area contributed by atoms with E-state index in [0.717, 1.165) is 4.48 Å². The normalized spacial score (nSPS) is 11.7. The van der Waals surface area contributed by atoms with Gasteiger partial charge in [0.05, 0.1) is 0 Å². The highest BCUT2D eigenvalue weighted by Crippen LogP contribution is 1.97. The van der Waals surface area contributed by atoms with Gasteiger partial charge in [-0.05, 0) is 6.92 Å². The van der Waals surface area contributed by atoms with Crippen LogP contribution in [0.25, 0.3) is 0 Å². The molecule has 0 aliphatic rings. The summed E-state index contributed by atoms with van der Waals surface area (Å²) in [5, 5.41) is 2.75. The van der Waals surface area contributed by atoms with Crippen LogP contribution in [0.5, 0.6) is 0 Å². The second-order valence-corrected chi connectivity index (χ2v) is 2.74. The van der Waals surface area contributed by atoms with Gasteiger partial charge in [-0.15, -0.1) is 0 Å². The van der Waals surface area contributed by atoms with Crippen LogP contribution in [0.15, 0.2) is 15.7 Å². The number of aliphatic imine (C=N–C) groups is 1. The van der Waals surface area contributed by atoms with Crippen molar-refractivity contribution in [3.8, 4) is 0 Å². The third-order valence-electron chi connectivity index (χ3n) is 0.660. The van der Waals surface area contributed by atoms with Gasteiger partial charge in [0.2, 0.25) is 0 Å². The van der Waals surface area contributed by atoms with E-state index >= 15 is 0 Å². The van der Waals surface area contributed by atoms with Crippen LogP contribution in [0.1, 0.15) is 20.8 Å². The number of allylic oxidation sites excluding steroid dienone is 1. The molecule has 0 aliphatic heterocycles. The topological polar surface area (TPSA) is 50.4 Å². The summed E-state index contributed by atoms with van der Waals surface area (Å²) < 4.78 is 0.981. The van der Waals surface area contributed by atoms with Gasteiger partial charge in [0.15, 0.2) is 5.96 Å². The Morgan fingerprint density at radius 3 is 2.27 bits per heavy atom. The molecule has 0 atom stereocenters. The van der Waals surface area contributed by atoms with Gasteiger partial charge >= 0.3 is 0 Å². The molecular formula is C7H16BrN3. The molecule has 0 rings (SSSR count). The highest BCUT2D eigenvalue weighted by Gasteiger charge is 1.81. The van der Waals surface area contributed by atoms with E-state index in [1.807, 2.05) is 20.8 Å². The van der Waals surface area contributed by atoms with Crippen molar-refractivity contribution < 1.29 is 0 Å². The molecule has 0 spiro atoms. The predicted molar refractivity (Wildman–Crippen MR) is 54.7 cm³/mol. The van der Waals surface area contributed by atoms with Crippen molar-refractivity contribution >= 4 is 21.9 Å². The van der Waals surface area contributed by atoms with E-state index in [2.05, 4.69) is 26.2 Å². The molecule has 0 radical (unpaired) electrons. The Bertz CT molecular complexity index is 137. The number of hydrogen-bond acceptors (Lipinski definition) is 1. The van der Waals surface area contributed by atoms with Crippen molar-refractivity contribution in [3.05, 3.63) is 10.7 Å². The average molecular weight is 222 g/mol. The third-order valence-corrected chi connectivity index (χ3v) is 0.889. The van der Waals surface area contributed by atoms with Gasteiger partial charge in [-0.25, -0.2) is 0 Å². The van der Waals surface area contributed by atoms with Crippen LogP contribution in [0.2, 0.25) is 0 Å². The van der Waals surface area contributed by atoms with Crippen LogP contribution in [-0.2, 0) is 0 Å². The van der Waals surface area contributed by atoms with Crippen molar-refractivity contribution in [1.29, 1.82) is 0 Å². The fourth-order valence-electron chi connectivity index (χ4n) is 0.238. The molecule has 11 heavy (non-hydrogen) atoms. The Hall–Kier alpha value is -0.510. The van der Waals surface area contributed by atoms with E-state index < -0.39 is 0 Å². The molecule has 0 saturated carbocycles. The van der Waals surface area contributed by atoms with Crippen LogP contribution in [-0.4, -0.2) is 13.0 Å². The minimum absolute atomic E-state index is 0.411. The molecule has 66 valence electrons. The molecule has 0 saturated heterocycles. The largest absolute Gasteiger partial charge is 0.370 e. The second-order valence-electron chi connectivity index (χ2n) is 1.48. The van der Waals surface area contributed by atoms with Gasteiger partial charge in [0.25, 0.3) is 0 Å². The molecule has 0 unspecified atom stereocenters. The van der Waals surface area contributed by atoms with E-state index in [4.69, 9.17) is 5.73 Å². The molecule has 0 bridgehead atoms. The summed E-state index contributed by atoms with van der Waals surface area (Å²) in [6, 6.07) is 0. The summed E-state index contributed by atoms with van der Waals surface area (Å²) in [6.45, 7) is 5.90. The van der Waals surface area contributed by atoms with Crippen LogP contribution >= 0.6 is 15.9 Å². The average Bonchev–Trinajstić information content (AvgIpc) is 2.04. The van der Waals surface area contributed by atoms with E-state index in [0.29, 0.717) is 5.96 Å². The lowest BCUT2D eigenvalue weighted by atomic mass is 10.7. The summed E-state index contributed by atoms with van der Waals surface area (Å²) in [5.74, 6) is 0.411. The number of nitrogens with two attached hydrogens (primary N) is 1. The maximum atomic E-state index is 5.29. The first-order valence-corrected chi connectivity index (χ1v) is 4.27. The van der Waals surface area contributed by atoms with Crippen LogP contribution in [0, 0.1) is 0 Å². The molecular weight excluding hydrogens is 206 g/mol. The first-order chi connectivity index (χ1) is 5.16. The van der Waals surface area contributed by atoms with Crippen molar-refractivity contribution in [1.82, 2.24) is 5.32 Å². The van der Waals surface area contributed by atoms with E-state index in [9.17, 15) is 0 Å². The van der Waals surface area contributed by atoms with Crippen molar-refractivity contribution in [3.63, 3.8) is 0 Å². The van der Waals surface area contributed by atoms with Crippen LogP contribution in [0.3, 0.4) is 0 Å². The Kier molecular flexibility index (Phi) is 11.3. The van der Waals surface area contributed by atoms with Crippen LogP contribution < -0.4 is 11.1 Å². The highest BCUT2D eigenvalue weighted by atomic mass is 79.9. The number of nitrogens with zero attached hydrogens (tertiary/aromatic N) is 1. The summed E-state index contributed by atoms with van der Waals surface area (Å²) in [7, 11) is 1.62. The molecule has 0 aromatic heterocycles. The smallest absolute Gasteiger partial charge is 0.192 e. The third kappa shape index (κ3) is 12.6. The van der Waals surface area contributed by atoms with Gasteiger partial charge in [0, 0.05) is 17.7 Å². The van der Waals surface area contributed by atoms with Crippen molar-refractivity contribution in [2.24, 2.45) is 10.7 Å². The van der Waals surface area contributed by atoms with Crippen LogP contribution in [0.4, 0.5) is 0 Å². The zero-order chi connectivity index (χ0) is 9.28. The second kappa shape index (κ2) is 9.49. The maximum absolute atomic E-state index is 5.29. The molecule has 0 amide bonds. The Morgan fingerprint density at radius 1 is 1.55 bits per heavy atom. The van der Waals surface area contributed by atoms with E-state index in [1.165, 1.54) is 0 Å². The van der Waals surface area contributed by atoms with Crippen molar-refractivity contribution in [2.75, 3.05) is 7.05 Å². The molecule has 0 aromatic carbocycles. The monoisotopic (exact) mass is 221 g/mol. The maximum Gasteiger partial charge on any atom is 0.192 e. The zero-order valence-electron chi connectivity index (χ0n) is 7.48. The lowest BCUT2D eigenvalue weighted by Gasteiger charge is -1.95. The zero-order valence-corrected chi connectivity index (χ0v) is 9.07. The first-order valence-electron chi connectivity index (χ1n) is 3.48. The number of guanidine groups is 1. The molecule has 4 heteroatoms. The highest BCUT2D eigenvalue weighted by molar-refractivity contribution is 9.11. The Labute approximate surface area is 76.9 Å². The standard InChI is InChI=1S/C5H10BrN3.C2H6/c1-4(6)3-9-5(7)8-2;1-2/h3H,1-2H3,(H3,7,8,9);1-2H3/b4-3+;. The van der Waals surface area contributed by atoms with Crippen molar-refractivity contribution in [2.45, 2.75) is 20.8 Å². The summed E-state index contributed by atoms with van der Waals surface area (Å²) >= 11 is 3.22. The predicted octanol–water partition coefficient (Wildman–Crippen LogP) is 1.80. The lowest BCUT2D eigenvalue weighted by Crippen LogP contribution is -2.26. The minimum atomic E-state index is 0.411. The van der Waals surface area contributed by atoms with Gasteiger partial charge in [0.1, 0.15) is 0 Å². The van der Waals surface area contributed by atoms with E-state index in [-0.39, 0.29) is 0 Å². The SMILES string of the molecule is CC.CN=C(N)N/C=C(\C)Br. The number of nitrogens with one attached hydrogen (secondary N) is 1. The number of hydrogen-bond donors (Lipinski definition) is 2. The minimum Gasteiger partial charge on any atom is -0.370 e.